The Morgan fingerprint density at radius 2 is 2.07 bits per heavy atom. The number of carbonyl (C=O) groups is 1. The number of nitrogens with one attached hydrogen (secondary N) is 1. The molecule has 0 saturated carbocycles. The topological polar surface area (TPSA) is 51.1 Å². The van der Waals surface area contributed by atoms with Gasteiger partial charge in [0.15, 0.2) is 0 Å². The van der Waals surface area contributed by atoms with Crippen molar-refractivity contribution in [2.24, 2.45) is 0 Å². The van der Waals surface area contributed by atoms with Crippen molar-refractivity contribution in [3.05, 3.63) is 31.6 Å². The molecule has 1 aliphatic heterocycles. The van der Waals surface area contributed by atoms with Gasteiger partial charge in [0.05, 0.1) is 9.50 Å². The van der Waals surface area contributed by atoms with Crippen molar-refractivity contribution in [3.63, 3.8) is 0 Å². The normalized spacial score (nSPS) is 17.5. The van der Waals surface area contributed by atoms with Crippen LogP contribution in [-0.4, -0.2) is 10.5 Å². The third kappa shape index (κ3) is 1.41. The summed E-state index contributed by atoms with van der Waals surface area (Å²) in [7, 11) is 0. The summed E-state index contributed by atoms with van der Waals surface area (Å²) in [5.74, 6) is -0.324. The largest absolute Gasteiger partial charge is 0.328 e. The minimum absolute atomic E-state index is 0.217. The van der Waals surface area contributed by atoms with Gasteiger partial charge in [-0.2, -0.15) is 0 Å². The van der Waals surface area contributed by atoms with Crippen molar-refractivity contribution in [2.45, 2.75) is 19.5 Å². The molecular weight excluding hydrogens is 283 g/mol. The first kappa shape index (κ1) is 10.7. The highest BCUT2D eigenvalue weighted by Gasteiger charge is 2.37. The van der Waals surface area contributed by atoms with Gasteiger partial charge >= 0.3 is 0 Å². The predicted molar refractivity (Wildman–Crippen MR) is 60.2 cm³/mol. The lowest BCUT2D eigenvalue weighted by molar-refractivity contribution is 0.0935. The van der Waals surface area contributed by atoms with Gasteiger partial charge in [-0.1, -0.05) is 11.6 Å². The van der Waals surface area contributed by atoms with Crippen molar-refractivity contribution in [3.8, 4) is 0 Å². The van der Waals surface area contributed by atoms with Crippen molar-refractivity contribution in [2.75, 3.05) is 0 Å². The zero-order valence-electron chi connectivity index (χ0n) is 8.10. The van der Waals surface area contributed by atoms with E-state index in [1.807, 2.05) is 0 Å². The van der Waals surface area contributed by atoms with E-state index in [2.05, 4.69) is 21.2 Å². The number of pyridine rings is 1. The van der Waals surface area contributed by atoms with Gasteiger partial charge in [-0.15, -0.1) is 0 Å². The average Bonchev–Trinajstić information content (AvgIpc) is 2.32. The Bertz CT molecular complexity index is 522. The van der Waals surface area contributed by atoms with Crippen LogP contribution in [0, 0.1) is 0 Å². The molecule has 0 unspecified atom stereocenters. The quantitative estimate of drug-likeness (QED) is 0.791. The Kier molecular flexibility index (Phi) is 2.20. The zero-order valence-corrected chi connectivity index (χ0v) is 10.4. The molecule has 1 amide bonds. The van der Waals surface area contributed by atoms with Gasteiger partial charge in [0.2, 0.25) is 0 Å². The maximum absolute atomic E-state index is 11.8. The Morgan fingerprint density at radius 3 is 2.67 bits per heavy atom. The lowest BCUT2D eigenvalue weighted by Gasteiger charge is -2.21. The molecule has 0 spiro atoms. The summed E-state index contributed by atoms with van der Waals surface area (Å²) in [6.45, 7) is 3.48. The molecule has 0 fully saturated rings. The van der Waals surface area contributed by atoms with Crippen LogP contribution in [0.5, 0.6) is 0 Å². The third-order valence-electron chi connectivity index (χ3n) is 2.30. The average molecular weight is 292 g/mol. The van der Waals surface area contributed by atoms with Gasteiger partial charge in [-0.3, -0.25) is 14.2 Å². The van der Waals surface area contributed by atoms with E-state index in [0.717, 1.165) is 0 Å². The Morgan fingerprint density at radius 1 is 1.47 bits per heavy atom. The summed E-state index contributed by atoms with van der Waals surface area (Å²) in [6.07, 6.45) is 0. The third-order valence-corrected chi connectivity index (χ3v) is 3.16. The van der Waals surface area contributed by atoms with Gasteiger partial charge < -0.3 is 5.32 Å². The highest BCUT2D eigenvalue weighted by atomic mass is 79.9. The van der Waals surface area contributed by atoms with E-state index in [1.54, 1.807) is 13.8 Å². The van der Waals surface area contributed by atoms with E-state index in [9.17, 15) is 9.59 Å². The second-order valence-corrected chi connectivity index (χ2v) is 5.10. The lowest BCUT2D eigenvalue weighted by Crippen LogP contribution is -2.42. The first-order chi connectivity index (χ1) is 6.84. The second-order valence-electron chi connectivity index (χ2n) is 3.84. The van der Waals surface area contributed by atoms with Gasteiger partial charge in [-0.05, 0) is 35.8 Å². The van der Waals surface area contributed by atoms with E-state index in [1.165, 1.54) is 10.6 Å². The fourth-order valence-corrected chi connectivity index (χ4v) is 2.51. The first-order valence-corrected chi connectivity index (χ1v) is 5.46. The van der Waals surface area contributed by atoms with Crippen LogP contribution < -0.4 is 10.9 Å². The highest BCUT2D eigenvalue weighted by Crippen LogP contribution is 2.27. The number of aromatic nitrogens is 1. The number of carbonyl (C=O) groups excluding carboxylic acids is 1. The van der Waals surface area contributed by atoms with E-state index < -0.39 is 5.66 Å². The molecule has 4 nitrogen and oxygen atoms in total. The number of nitrogens with zero attached hydrogens (tertiary/aromatic N) is 1. The Hall–Kier alpha value is -0.810. The SMILES string of the molecule is CC1(C)NC(=O)c2c(Cl)cc(Br)c(=O)n21. The number of halogens is 2. The second kappa shape index (κ2) is 3.09. The fraction of sp³-hybridized carbons (Fsp3) is 0.333. The van der Waals surface area contributed by atoms with Gasteiger partial charge in [0.25, 0.3) is 11.5 Å². The van der Waals surface area contributed by atoms with E-state index in [0.29, 0.717) is 4.47 Å². The molecule has 80 valence electrons. The zero-order chi connectivity index (χ0) is 11.4. The summed E-state index contributed by atoms with van der Waals surface area (Å²) < 4.78 is 1.71. The maximum Gasteiger partial charge on any atom is 0.271 e. The van der Waals surface area contributed by atoms with Gasteiger partial charge in [-0.25, -0.2) is 0 Å². The van der Waals surface area contributed by atoms with Crippen molar-refractivity contribution in [1.29, 1.82) is 0 Å². The maximum atomic E-state index is 11.8. The van der Waals surface area contributed by atoms with Crippen LogP contribution in [0.4, 0.5) is 0 Å². The van der Waals surface area contributed by atoms with Crippen LogP contribution in [0.25, 0.3) is 0 Å². The van der Waals surface area contributed by atoms with Gasteiger partial charge in [0, 0.05) is 0 Å². The molecule has 1 aliphatic rings. The van der Waals surface area contributed by atoms with Gasteiger partial charge in [0.1, 0.15) is 11.4 Å². The number of rotatable bonds is 0. The molecule has 0 bridgehead atoms. The predicted octanol–water partition coefficient (Wildman–Crippen LogP) is 1.70. The molecule has 0 saturated heterocycles. The molecule has 1 N–H and O–H groups in total. The minimum Gasteiger partial charge on any atom is -0.328 e. The number of fused-ring (bicyclic) bond motifs is 1. The van der Waals surface area contributed by atoms with Crippen LogP contribution in [0.1, 0.15) is 24.3 Å². The standard InChI is InChI=1S/C9H8BrClN2O2/c1-9(2)12-7(14)6-5(11)3-4(10)8(15)13(6)9/h3H,1-2H3,(H,12,14). The summed E-state index contributed by atoms with van der Waals surface area (Å²) >= 11 is 9.03. The van der Waals surface area contributed by atoms with Crippen LogP contribution in [-0.2, 0) is 5.66 Å². The Balaban J connectivity index is 2.91. The first-order valence-electron chi connectivity index (χ1n) is 4.28. The Labute approximate surface area is 99.4 Å². The molecule has 6 heteroatoms. The number of amides is 1. The molecule has 2 rings (SSSR count). The number of hydrogen-bond acceptors (Lipinski definition) is 2. The van der Waals surface area contributed by atoms with Crippen LogP contribution in [0.15, 0.2) is 15.3 Å². The summed E-state index contributed by atoms with van der Waals surface area (Å²) in [6, 6.07) is 1.44. The smallest absolute Gasteiger partial charge is 0.271 e. The summed E-state index contributed by atoms with van der Waals surface area (Å²) in [5.41, 5.74) is -0.788. The minimum atomic E-state index is -0.739. The lowest BCUT2D eigenvalue weighted by atomic mass is 10.2. The summed E-state index contributed by atoms with van der Waals surface area (Å²) in [5, 5.41) is 2.95. The molecule has 1 aromatic rings. The van der Waals surface area contributed by atoms with Crippen LogP contribution in [0.3, 0.4) is 0 Å². The molecule has 1 aromatic heterocycles. The summed E-state index contributed by atoms with van der Waals surface area (Å²) in [4.78, 5) is 23.4. The van der Waals surface area contributed by atoms with Crippen LogP contribution >= 0.6 is 27.5 Å². The van der Waals surface area contributed by atoms with Crippen molar-refractivity contribution >= 4 is 33.4 Å². The molecule has 2 heterocycles. The molecule has 0 radical (unpaired) electrons. The molecular formula is C9H8BrClN2O2. The van der Waals surface area contributed by atoms with Crippen molar-refractivity contribution < 1.29 is 4.79 Å². The highest BCUT2D eigenvalue weighted by molar-refractivity contribution is 9.10. The van der Waals surface area contributed by atoms with E-state index in [-0.39, 0.29) is 22.2 Å². The molecule has 0 atom stereocenters. The fourth-order valence-electron chi connectivity index (χ4n) is 1.69. The van der Waals surface area contributed by atoms with E-state index >= 15 is 0 Å². The van der Waals surface area contributed by atoms with E-state index in [4.69, 9.17) is 11.6 Å². The molecule has 15 heavy (non-hydrogen) atoms. The van der Waals surface area contributed by atoms with Crippen LogP contribution in [0.2, 0.25) is 5.02 Å². The molecule has 0 aromatic carbocycles. The van der Waals surface area contributed by atoms with Crippen molar-refractivity contribution in [1.82, 2.24) is 9.88 Å². The number of hydrogen-bond donors (Lipinski definition) is 1. The monoisotopic (exact) mass is 290 g/mol. The molecule has 0 aliphatic carbocycles.